The molecule has 0 radical (unpaired) electrons. The van der Waals surface area contributed by atoms with E-state index in [-0.39, 0.29) is 6.61 Å². The van der Waals surface area contributed by atoms with E-state index in [1.54, 1.807) is 0 Å². The highest BCUT2D eigenvalue weighted by molar-refractivity contribution is 8.00. The topological polar surface area (TPSA) is 32.3 Å². The Labute approximate surface area is 108 Å². The van der Waals surface area contributed by atoms with Crippen molar-refractivity contribution in [2.24, 2.45) is 0 Å². The number of hydrogen-bond donors (Lipinski definition) is 2. The molecule has 94 valence electrons. The lowest BCUT2D eigenvalue weighted by atomic mass is 10.1. The minimum absolute atomic E-state index is 0.272. The lowest BCUT2D eigenvalue weighted by molar-refractivity contribution is 0.288. The minimum atomic E-state index is 0.272. The molecule has 2 unspecified atom stereocenters. The summed E-state index contributed by atoms with van der Waals surface area (Å²) in [4.78, 5) is 0. The second-order valence-corrected chi connectivity index (χ2v) is 6.13. The molecule has 17 heavy (non-hydrogen) atoms. The first-order valence-electron chi connectivity index (χ1n) is 6.37. The number of nitrogens with one attached hydrogen (secondary N) is 1. The van der Waals surface area contributed by atoms with Gasteiger partial charge in [-0.05, 0) is 42.7 Å². The average Bonchev–Trinajstić information content (AvgIpc) is 2.73. The van der Waals surface area contributed by atoms with Crippen LogP contribution in [0, 0.1) is 0 Å². The van der Waals surface area contributed by atoms with Crippen LogP contribution in [0.2, 0.25) is 0 Å². The zero-order chi connectivity index (χ0) is 12.1. The fourth-order valence-electron chi connectivity index (χ4n) is 2.24. The molecule has 2 rings (SSSR count). The van der Waals surface area contributed by atoms with E-state index in [9.17, 15) is 0 Å². The van der Waals surface area contributed by atoms with Crippen LogP contribution in [0.3, 0.4) is 0 Å². The van der Waals surface area contributed by atoms with Crippen molar-refractivity contribution < 1.29 is 5.11 Å². The number of rotatable bonds is 5. The van der Waals surface area contributed by atoms with Crippen LogP contribution in [-0.2, 0) is 6.42 Å². The summed E-state index contributed by atoms with van der Waals surface area (Å²) >= 11 is 2.05. The van der Waals surface area contributed by atoms with Gasteiger partial charge in [-0.3, -0.25) is 0 Å². The Balaban J connectivity index is 1.95. The first-order chi connectivity index (χ1) is 8.29. The molecule has 1 aliphatic rings. The predicted molar refractivity (Wildman–Crippen MR) is 75.8 cm³/mol. The van der Waals surface area contributed by atoms with E-state index in [0.29, 0.717) is 11.3 Å². The van der Waals surface area contributed by atoms with Gasteiger partial charge in [0.15, 0.2) is 0 Å². The fourth-order valence-corrected chi connectivity index (χ4v) is 3.43. The standard InChI is InChI=1S/C14H21NOS/c1-11-14(7-9-17-11)15-13-6-2-4-12(10-13)5-3-8-16/h2,4,6,10-11,14-16H,3,5,7-9H2,1H3. The maximum absolute atomic E-state index is 8.84. The molecule has 0 aromatic heterocycles. The highest BCUT2D eigenvalue weighted by atomic mass is 32.2. The molecular formula is C14H21NOS. The van der Waals surface area contributed by atoms with Crippen LogP contribution in [0.15, 0.2) is 24.3 Å². The highest BCUT2D eigenvalue weighted by Gasteiger charge is 2.23. The summed E-state index contributed by atoms with van der Waals surface area (Å²) in [6.45, 7) is 2.57. The Morgan fingerprint density at radius 2 is 2.35 bits per heavy atom. The molecule has 0 amide bonds. The van der Waals surface area contributed by atoms with Gasteiger partial charge in [0.25, 0.3) is 0 Å². The molecule has 0 aliphatic carbocycles. The quantitative estimate of drug-likeness (QED) is 0.844. The van der Waals surface area contributed by atoms with Gasteiger partial charge >= 0.3 is 0 Å². The number of hydrogen-bond acceptors (Lipinski definition) is 3. The normalized spacial score (nSPS) is 23.9. The molecule has 0 saturated carbocycles. The molecule has 3 heteroatoms. The van der Waals surface area contributed by atoms with E-state index in [1.807, 2.05) is 11.8 Å². The molecule has 0 bridgehead atoms. The predicted octanol–water partition coefficient (Wildman–Crippen LogP) is 2.92. The first-order valence-corrected chi connectivity index (χ1v) is 7.42. The van der Waals surface area contributed by atoms with Crippen LogP contribution in [0.4, 0.5) is 5.69 Å². The first kappa shape index (κ1) is 12.8. The number of aliphatic hydroxyl groups excluding tert-OH is 1. The fraction of sp³-hybridized carbons (Fsp3) is 0.571. The Bertz CT molecular complexity index is 356. The lowest BCUT2D eigenvalue weighted by Gasteiger charge is -2.18. The second-order valence-electron chi connectivity index (χ2n) is 4.64. The van der Waals surface area contributed by atoms with Crippen molar-refractivity contribution in [2.75, 3.05) is 17.7 Å². The molecule has 0 spiro atoms. The van der Waals surface area contributed by atoms with E-state index >= 15 is 0 Å². The number of aryl methyl sites for hydroxylation is 1. The number of benzene rings is 1. The maximum Gasteiger partial charge on any atom is 0.0434 e. The van der Waals surface area contributed by atoms with E-state index in [2.05, 4.69) is 36.5 Å². The van der Waals surface area contributed by atoms with Crippen molar-refractivity contribution in [2.45, 2.75) is 37.5 Å². The molecule has 2 atom stereocenters. The van der Waals surface area contributed by atoms with Gasteiger partial charge in [-0.25, -0.2) is 0 Å². The van der Waals surface area contributed by atoms with Crippen molar-refractivity contribution in [3.05, 3.63) is 29.8 Å². The zero-order valence-corrected chi connectivity index (χ0v) is 11.2. The monoisotopic (exact) mass is 251 g/mol. The lowest BCUT2D eigenvalue weighted by Crippen LogP contribution is -2.24. The van der Waals surface area contributed by atoms with Crippen molar-refractivity contribution in [1.82, 2.24) is 0 Å². The number of anilines is 1. The Morgan fingerprint density at radius 1 is 1.47 bits per heavy atom. The van der Waals surface area contributed by atoms with E-state index in [1.165, 1.54) is 23.4 Å². The Hall–Kier alpha value is -0.670. The van der Waals surface area contributed by atoms with E-state index < -0.39 is 0 Å². The summed E-state index contributed by atoms with van der Waals surface area (Å²) in [6, 6.07) is 9.19. The van der Waals surface area contributed by atoms with Crippen molar-refractivity contribution in [1.29, 1.82) is 0 Å². The number of thioether (sulfide) groups is 1. The Morgan fingerprint density at radius 3 is 3.06 bits per heavy atom. The minimum Gasteiger partial charge on any atom is -0.396 e. The van der Waals surface area contributed by atoms with Crippen molar-refractivity contribution in [3.63, 3.8) is 0 Å². The second kappa shape index (κ2) is 6.31. The average molecular weight is 251 g/mol. The van der Waals surface area contributed by atoms with Crippen LogP contribution in [-0.4, -0.2) is 28.8 Å². The third-order valence-corrected chi connectivity index (χ3v) is 4.60. The maximum atomic E-state index is 8.84. The van der Waals surface area contributed by atoms with Crippen LogP contribution < -0.4 is 5.32 Å². The van der Waals surface area contributed by atoms with Crippen molar-refractivity contribution in [3.8, 4) is 0 Å². The van der Waals surface area contributed by atoms with E-state index in [4.69, 9.17) is 5.11 Å². The van der Waals surface area contributed by atoms with Gasteiger partial charge in [-0.15, -0.1) is 0 Å². The highest BCUT2D eigenvalue weighted by Crippen LogP contribution is 2.29. The molecule has 2 N–H and O–H groups in total. The molecule has 1 heterocycles. The third kappa shape index (κ3) is 3.65. The molecule has 2 nitrogen and oxygen atoms in total. The number of aliphatic hydroxyl groups is 1. The summed E-state index contributed by atoms with van der Waals surface area (Å²) in [5.74, 6) is 1.27. The van der Waals surface area contributed by atoms with Gasteiger partial charge in [0, 0.05) is 23.6 Å². The summed E-state index contributed by atoms with van der Waals surface area (Å²) in [7, 11) is 0. The van der Waals surface area contributed by atoms with Crippen LogP contribution in [0.5, 0.6) is 0 Å². The summed E-state index contributed by atoms with van der Waals surface area (Å²) < 4.78 is 0. The largest absolute Gasteiger partial charge is 0.396 e. The molecule has 1 saturated heterocycles. The molecule has 1 aromatic carbocycles. The summed E-state index contributed by atoms with van der Waals surface area (Å²) in [5, 5.41) is 13.2. The van der Waals surface area contributed by atoms with Crippen LogP contribution >= 0.6 is 11.8 Å². The van der Waals surface area contributed by atoms with Gasteiger partial charge in [0.2, 0.25) is 0 Å². The van der Waals surface area contributed by atoms with Crippen LogP contribution in [0.25, 0.3) is 0 Å². The van der Waals surface area contributed by atoms with Gasteiger partial charge in [-0.1, -0.05) is 19.1 Å². The zero-order valence-electron chi connectivity index (χ0n) is 10.4. The SMILES string of the molecule is CC1SCCC1Nc1cccc(CCCO)c1. The van der Waals surface area contributed by atoms with Gasteiger partial charge in [0.05, 0.1) is 0 Å². The molecular weight excluding hydrogens is 230 g/mol. The van der Waals surface area contributed by atoms with Crippen LogP contribution in [0.1, 0.15) is 25.3 Å². The van der Waals surface area contributed by atoms with E-state index in [0.717, 1.165) is 12.8 Å². The van der Waals surface area contributed by atoms with Crippen molar-refractivity contribution >= 4 is 17.4 Å². The summed E-state index contributed by atoms with van der Waals surface area (Å²) in [5.41, 5.74) is 2.53. The molecule has 1 aromatic rings. The molecule has 1 fully saturated rings. The Kier molecular flexibility index (Phi) is 4.75. The smallest absolute Gasteiger partial charge is 0.0434 e. The third-order valence-electron chi connectivity index (χ3n) is 3.28. The summed E-state index contributed by atoms with van der Waals surface area (Å²) in [6.07, 6.45) is 3.06. The van der Waals surface area contributed by atoms with Gasteiger partial charge < -0.3 is 10.4 Å². The molecule has 1 aliphatic heterocycles. The van der Waals surface area contributed by atoms with Gasteiger partial charge in [0.1, 0.15) is 0 Å². The van der Waals surface area contributed by atoms with Gasteiger partial charge in [-0.2, -0.15) is 11.8 Å².